The monoisotopic (exact) mass is 280 g/mol. The van der Waals surface area contributed by atoms with E-state index in [4.69, 9.17) is 10.5 Å². The number of rotatable bonds is 4. The average Bonchev–Trinajstić information content (AvgIpc) is 2.83. The number of amides is 1. The van der Waals surface area contributed by atoms with Gasteiger partial charge in [-0.25, -0.2) is 4.39 Å². The molecule has 0 aliphatic carbocycles. The molecular formula is C15H21FN2O2. The molecule has 0 radical (unpaired) electrons. The third-order valence-electron chi connectivity index (χ3n) is 3.65. The second kappa shape index (κ2) is 6.33. The summed E-state index contributed by atoms with van der Waals surface area (Å²) in [6.45, 7) is 4.81. The van der Waals surface area contributed by atoms with E-state index in [2.05, 4.69) is 5.32 Å². The largest absolute Gasteiger partial charge is 0.379 e. The van der Waals surface area contributed by atoms with Gasteiger partial charge in [-0.2, -0.15) is 0 Å². The van der Waals surface area contributed by atoms with E-state index < -0.39 is 0 Å². The van der Waals surface area contributed by atoms with Crippen molar-refractivity contribution in [3.05, 3.63) is 35.6 Å². The molecule has 3 atom stereocenters. The van der Waals surface area contributed by atoms with E-state index in [9.17, 15) is 9.18 Å². The van der Waals surface area contributed by atoms with E-state index in [1.54, 1.807) is 12.1 Å². The summed E-state index contributed by atoms with van der Waals surface area (Å²) in [5.41, 5.74) is 6.75. The molecule has 5 heteroatoms. The molecule has 0 saturated carbocycles. The van der Waals surface area contributed by atoms with Crippen LogP contribution in [0.2, 0.25) is 0 Å². The lowest BCUT2D eigenvalue weighted by Gasteiger charge is -2.25. The first-order valence-corrected chi connectivity index (χ1v) is 6.88. The standard InChI is InChI=1S/C15H21FN2O2/c1-9(2)14(10-3-5-11(16)6-4-10)18-15(19)12-7-20-8-13(12)17/h3-6,9,12-14H,7-8,17H2,1-2H3,(H,18,19). The van der Waals surface area contributed by atoms with Crippen LogP contribution in [0.3, 0.4) is 0 Å². The molecule has 3 unspecified atom stereocenters. The highest BCUT2D eigenvalue weighted by Crippen LogP contribution is 2.23. The van der Waals surface area contributed by atoms with Crippen LogP contribution in [0.1, 0.15) is 25.5 Å². The lowest BCUT2D eigenvalue weighted by molar-refractivity contribution is -0.126. The Hall–Kier alpha value is -1.46. The SMILES string of the molecule is CC(C)C(NC(=O)C1COCC1N)c1ccc(F)cc1. The molecule has 4 nitrogen and oxygen atoms in total. The summed E-state index contributed by atoms with van der Waals surface area (Å²) in [5, 5.41) is 3.00. The van der Waals surface area contributed by atoms with Gasteiger partial charge in [0.25, 0.3) is 0 Å². The van der Waals surface area contributed by atoms with Gasteiger partial charge >= 0.3 is 0 Å². The van der Waals surface area contributed by atoms with Crippen molar-refractivity contribution in [2.24, 2.45) is 17.6 Å². The van der Waals surface area contributed by atoms with E-state index >= 15 is 0 Å². The van der Waals surface area contributed by atoms with Crippen LogP contribution in [-0.2, 0) is 9.53 Å². The predicted octanol–water partition coefficient (Wildman–Crippen LogP) is 1.61. The molecule has 0 aromatic heterocycles. The number of nitrogens with two attached hydrogens (primary N) is 1. The van der Waals surface area contributed by atoms with Crippen LogP contribution in [0.25, 0.3) is 0 Å². The zero-order valence-corrected chi connectivity index (χ0v) is 11.8. The van der Waals surface area contributed by atoms with Crippen molar-refractivity contribution in [2.75, 3.05) is 13.2 Å². The highest BCUT2D eigenvalue weighted by molar-refractivity contribution is 5.80. The van der Waals surface area contributed by atoms with Crippen LogP contribution >= 0.6 is 0 Å². The van der Waals surface area contributed by atoms with Crippen molar-refractivity contribution >= 4 is 5.91 Å². The number of benzene rings is 1. The fourth-order valence-electron chi connectivity index (χ4n) is 2.41. The van der Waals surface area contributed by atoms with Gasteiger partial charge < -0.3 is 15.8 Å². The van der Waals surface area contributed by atoms with Crippen molar-refractivity contribution < 1.29 is 13.9 Å². The number of hydrogen-bond donors (Lipinski definition) is 2. The zero-order chi connectivity index (χ0) is 14.7. The number of halogens is 1. The van der Waals surface area contributed by atoms with E-state index in [0.717, 1.165) is 5.56 Å². The maximum Gasteiger partial charge on any atom is 0.227 e. The van der Waals surface area contributed by atoms with Gasteiger partial charge in [0.1, 0.15) is 5.82 Å². The molecule has 110 valence electrons. The quantitative estimate of drug-likeness (QED) is 0.880. The summed E-state index contributed by atoms with van der Waals surface area (Å²) in [6.07, 6.45) is 0. The maximum absolute atomic E-state index is 13.0. The summed E-state index contributed by atoms with van der Waals surface area (Å²) in [4.78, 5) is 12.3. The second-order valence-corrected chi connectivity index (χ2v) is 5.59. The van der Waals surface area contributed by atoms with Crippen LogP contribution in [0, 0.1) is 17.7 Å². The Kier molecular flexibility index (Phi) is 4.73. The fraction of sp³-hybridized carbons (Fsp3) is 0.533. The van der Waals surface area contributed by atoms with Gasteiger partial charge in [0.15, 0.2) is 0 Å². The molecule has 3 N–H and O–H groups in total. The van der Waals surface area contributed by atoms with Gasteiger partial charge in [-0.05, 0) is 23.6 Å². The van der Waals surface area contributed by atoms with Crippen molar-refractivity contribution in [3.8, 4) is 0 Å². The van der Waals surface area contributed by atoms with Crippen LogP contribution < -0.4 is 11.1 Å². The van der Waals surface area contributed by atoms with Crippen molar-refractivity contribution in [1.82, 2.24) is 5.32 Å². The average molecular weight is 280 g/mol. The Morgan fingerprint density at radius 3 is 2.50 bits per heavy atom. The molecule has 1 aliphatic rings. The smallest absolute Gasteiger partial charge is 0.227 e. The minimum absolute atomic E-state index is 0.0991. The van der Waals surface area contributed by atoms with Gasteiger partial charge in [-0.15, -0.1) is 0 Å². The number of nitrogens with one attached hydrogen (secondary N) is 1. The van der Waals surface area contributed by atoms with Crippen LogP contribution in [0.5, 0.6) is 0 Å². The topological polar surface area (TPSA) is 64.3 Å². The normalized spacial score (nSPS) is 23.9. The Morgan fingerprint density at radius 2 is 2.00 bits per heavy atom. The summed E-state index contributed by atoms with van der Waals surface area (Å²) in [6, 6.07) is 5.80. The minimum atomic E-state index is -0.309. The first-order chi connectivity index (χ1) is 9.49. The first kappa shape index (κ1) is 14.9. The highest BCUT2D eigenvalue weighted by Gasteiger charge is 2.33. The number of hydrogen-bond acceptors (Lipinski definition) is 3. The third kappa shape index (κ3) is 3.35. The lowest BCUT2D eigenvalue weighted by atomic mass is 9.94. The van der Waals surface area contributed by atoms with Gasteiger partial charge in [0, 0.05) is 6.04 Å². The molecule has 0 bridgehead atoms. The number of carbonyl (C=O) groups is 1. The minimum Gasteiger partial charge on any atom is -0.379 e. The van der Waals surface area contributed by atoms with Crippen molar-refractivity contribution in [1.29, 1.82) is 0 Å². The van der Waals surface area contributed by atoms with E-state index in [1.165, 1.54) is 12.1 Å². The molecule has 20 heavy (non-hydrogen) atoms. The van der Waals surface area contributed by atoms with E-state index in [1.807, 2.05) is 13.8 Å². The molecule has 1 aliphatic heterocycles. The van der Waals surface area contributed by atoms with Crippen molar-refractivity contribution in [3.63, 3.8) is 0 Å². The summed E-state index contributed by atoms with van der Waals surface area (Å²) < 4.78 is 18.2. The molecule has 1 aromatic rings. The molecule has 0 spiro atoms. The van der Waals surface area contributed by atoms with Gasteiger partial charge in [-0.3, -0.25) is 4.79 Å². The van der Waals surface area contributed by atoms with Gasteiger partial charge in [0.05, 0.1) is 25.2 Å². The highest BCUT2D eigenvalue weighted by atomic mass is 19.1. The predicted molar refractivity (Wildman–Crippen MR) is 74.4 cm³/mol. The summed E-state index contributed by atoms with van der Waals surface area (Å²) in [5.74, 6) is -0.494. The Morgan fingerprint density at radius 1 is 1.35 bits per heavy atom. The molecular weight excluding hydrogens is 259 g/mol. The maximum atomic E-state index is 13.0. The van der Waals surface area contributed by atoms with Gasteiger partial charge in [-0.1, -0.05) is 26.0 Å². The van der Waals surface area contributed by atoms with Crippen LogP contribution in [-0.4, -0.2) is 25.2 Å². The Balaban J connectivity index is 2.09. The molecule has 2 rings (SSSR count). The summed E-state index contributed by atoms with van der Waals surface area (Å²) in [7, 11) is 0. The lowest BCUT2D eigenvalue weighted by Crippen LogP contribution is -2.43. The van der Waals surface area contributed by atoms with E-state index in [0.29, 0.717) is 13.2 Å². The zero-order valence-electron chi connectivity index (χ0n) is 11.8. The first-order valence-electron chi connectivity index (χ1n) is 6.88. The molecule has 1 saturated heterocycles. The van der Waals surface area contributed by atoms with Gasteiger partial charge in [0.2, 0.25) is 5.91 Å². The Labute approximate surface area is 118 Å². The van der Waals surface area contributed by atoms with Crippen molar-refractivity contribution in [2.45, 2.75) is 25.9 Å². The third-order valence-corrected chi connectivity index (χ3v) is 3.65. The molecule has 1 amide bonds. The van der Waals surface area contributed by atoms with E-state index in [-0.39, 0.29) is 35.6 Å². The molecule has 1 fully saturated rings. The Bertz CT molecular complexity index is 461. The fourth-order valence-corrected chi connectivity index (χ4v) is 2.41. The molecule has 1 aromatic carbocycles. The summed E-state index contributed by atoms with van der Waals surface area (Å²) >= 11 is 0. The van der Waals surface area contributed by atoms with Crippen LogP contribution in [0.15, 0.2) is 24.3 Å². The number of ether oxygens (including phenoxy) is 1. The second-order valence-electron chi connectivity index (χ2n) is 5.59. The number of carbonyl (C=O) groups excluding carboxylic acids is 1. The van der Waals surface area contributed by atoms with Crippen LogP contribution in [0.4, 0.5) is 4.39 Å². The molecule has 1 heterocycles.